The van der Waals surface area contributed by atoms with E-state index in [1.54, 1.807) is 18.2 Å². The highest BCUT2D eigenvalue weighted by atomic mass is 19.1. The molecule has 2 rings (SSSR count). The molecule has 0 saturated heterocycles. The van der Waals surface area contributed by atoms with E-state index in [1.165, 1.54) is 20.3 Å². The standard InChI is InChI=1S/C19H17F2NO2/c1-6-13(15(20)7-2)18-17(21)19(24-5)14-9-8-12(11(3)23-4)10-16(14)22-18/h6-10H,1-3H2,4-5H3/b15-13-. The Labute approximate surface area is 139 Å². The van der Waals surface area contributed by atoms with Crippen LogP contribution in [0, 0.1) is 5.82 Å². The zero-order valence-electron chi connectivity index (χ0n) is 13.5. The lowest BCUT2D eigenvalue weighted by molar-refractivity contribution is 0.371. The summed E-state index contributed by atoms with van der Waals surface area (Å²) in [7, 11) is 2.83. The summed E-state index contributed by atoms with van der Waals surface area (Å²) >= 11 is 0. The van der Waals surface area contributed by atoms with Gasteiger partial charge in [0.25, 0.3) is 0 Å². The number of aromatic nitrogens is 1. The van der Waals surface area contributed by atoms with Crippen LogP contribution in [0.2, 0.25) is 0 Å². The minimum atomic E-state index is -0.768. The maximum absolute atomic E-state index is 14.7. The summed E-state index contributed by atoms with van der Waals surface area (Å²) in [5.74, 6) is -1.09. The SMILES string of the molecule is C=C/C(F)=C(\C=C)c1nc2cc(C(=C)OC)ccc2c(OC)c1F. The Bertz CT molecular complexity index is 869. The van der Waals surface area contributed by atoms with Gasteiger partial charge in [-0.2, -0.15) is 0 Å². The average molecular weight is 329 g/mol. The second-order valence-corrected chi connectivity index (χ2v) is 4.84. The molecule has 24 heavy (non-hydrogen) atoms. The molecule has 0 unspecified atom stereocenters. The molecule has 0 spiro atoms. The third kappa shape index (κ3) is 2.93. The van der Waals surface area contributed by atoms with Crippen LogP contribution in [0.1, 0.15) is 11.3 Å². The molecular weight excluding hydrogens is 312 g/mol. The maximum Gasteiger partial charge on any atom is 0.192 e. The monoisotopic (exact) mass is 329 g/mol. The summed E-state index contributed by atoms with van der Waals surface area (Å²) < 4.78 is 39.0. The molecule has 1 heterocycles. The normalized spacial score (nSPS) is 11.7. The van der Waals surface area contributed by atoms with Crippen LogP contribution >= 0.6 is 0 Å². The van der Waals surface area contributed by atoms with Crippen LogP contribution in [0.4, 0.5) is 8.78 Å². The Morgan fingerprint density at radius 3 is 2.46 bits per heavy atom. The van der Waals surface area contributed by atoms with E-state index in [4.69, 9.17) is 9.47 Å². The molecule has 0 bridgehead atoms. The van der Waals surface area contributed by atoms with E-state index in [1.807, 2.05) is 0 Å². The number of hydrogen-bond acceptors (Lipinski definition) is 3. The van der Waals surface area contributed by atoms with Crippen molar-refractivity contribution in [3.8, 4) is 5.75 Å². The highest BCUT2D eigenvalue weighted by Gasteiger charge is 2.20. The van der Waals surface area contributed by atoms with Crippen LogP contribution in [-0.4, -0.2) is 19.2 Å². The number of rotatable bonds is 6. The van der Waals surface area contributed by atoms with Crippen LogP contribution in [0.15, 0.2) is 55.9 Å². The van der Waals surface area contributed by atoms with Gasteiger partial charge in [-0.3, -0.25) is 0 Å². The summed E-state index contributed by atoms with van der Waals surface area (Å²) in [5.41, 5.74) is 0.784. The molecule has 0 atom stereocenters. The number of pyridine rings is 1. The number of fused-ring (bicyclic) bond motifs is 1. The predicted molar refractivity (Wildman–Crippen MR) is 92.7 cm³/mol. The molecule has 0 saturated carbocycles. The van der Waals surface area contributed by atoms with Crippen LogP contribution in [-0.2, 0) is 4.74 Å². The third-order valence-electron chi connectivity index (χ3n) is 3.55. The van der Waals surface area contributed by atoms with Crippen LogP contribution in [0.3, 0.4) is 0 Å². The lowest BCUT2D eigenvalue weighted by Crippen LogP contribution is -2.01. The topological polar surface area (TPSA) is 31.4 Å². The predicted octanol–water partition coefficient (Wildman–Crippen LogP) is 5.05. The van der Waals surface area contributed by atoms with Gasteiger partial charge in [0.05, 0.1) is 19.7 Å². The van der Waals surface area contributed by atoms with E-state index in [9.17, 15) is 8.78 Å². The number of allylic oxidation sites excluding steroid dienone is 4. The van der Waals surface area contributed by atoms with Gasteiger partial charge in [-0.05, 0) is 18.2 Å². The van der Waals surface area contributed by atoms with Crippen molar-refractivity contribution in [3.05, 3.63) is 73.0 Å². The fourth-order valence-electron chi connectivity index (χ4n) is 2.30. The van der Waals surface area contributed by atoms with Gasteiger partial charge in [-0.1, -0.05) is 31.9 Å². The Morgan fingerprint density at radius 1 is 1.21 bits per heavy atom. The Hall–Kier alpha value is -2.95. The first-order chi connectivity index (χ1) is 11.5. The molecule has 3 nitrogen and oxygen atoms in total. The van der Waals surface area contributed by atoms with Gasteiger partial charge in [0.15, 0.2) is 11.6 Å². The van der Waals surface area contributed by atoms with E-state index in [2.05, 4.69) is 24.7 Å². The second kappa shape index (κ2) is 7.08. The van der Waals surface area contributed by atoms with Crippen LogP contribution in [0.25, 0.3) is 22.2 Å². The minimum absolute atomic E-state index is 0.0270. The van der Waals surface area contributed by atoms with Gasteiger partial charge in [-0.25, -0.2) is 13.8 Å². The quantitative estimate of drug-likeness (QED) is 0.549. The smallest absolute Gasteiger partial charge is 0.192 e. The zero-order chi connectivity index (χ0) is 17.9. The summed E-state index contributed by atoms with van der Waals surface area (Å²) in [6, 6.07) is 5.03. The first-order valence-electron chi connectivity index (χ1n) is 7.04. The molecule has 124 valence electrons. The number of halogens is 2. The van der Waals surface area contributed by atoms with E-state index in [0.29, 0.717) is 22.2 Å². The molecular formula is C19H17F2NO2. The number of nitrogens with zero attached hydrogens (tertiary/aromatic N) is 1. The summed E-state index contributed by atoms with van der Waals surface area (Å²) in [6.45, 7) is 10.6. The Balaban J connectivity index is 2.86. The summed E-state index contributed by atoms with van der Waals surface area (Å²) in [6.07, 6.45) is 2.16. The molecule has 5 heteroatoms. The first kappa shape index (κ1) is 17.4. The van der Waals surface area contributed by atoms with E-state index in [-0.39, 0.29) is 17.0 Å². The van der Waals surface area contributed by atoms with Gasteiger partial charge < -0.3 is 9.47 Å². The lowest BCUT2D eigenvalue weighted by atomic mass is 10.0. The van der Waals surface area contributed by atoms with Crippen LogP contribution < -0.4 is 4.74 Å². The van der Waals surface area contributed by atoms with Gasteiger partial charge in [0.1, 0.15) is 17.3 Å². The Kier molecular flexibility index (Phi) is 5.14. The molecule has 0 aliphatic heterocycles. The van der Waals surface area contributed by atoms with Crippen molar-refractivity contribution in [1.29, 1.82) is 0 Å². The maximum atomic E-state index is 14.7. The minimum Gasteiger partial charge on any atom is -0.497 e. The molecule has 0 amide bonds. The summed E-state index contributed by atoms with van der Waals surface area (Å²) in [4.78, 5) is 4.23. The second-order valence-electron chi connectivity index (χ2n) is 4.84. The van der Waals surface area contributed by atoms with Crippen molar-refractivity contribution in [2.75, 3.05) is 14.2 Å². The van der Waals surface area contributed by atoms with Crippen molar-refractivity contribution < 1.29 is 18.3 Å². The first-order valence-corrected chi connectivity index (χ1v) is 7.04. The number of ether oxygens (including phenoxy) is 2. The Morgan fingerprint density at radius 2 is 1.92 bits per heavy atom. The van der Waals surface area contributed by atoms with Crippen molar-refractivity contribution >= 4 is 22.2 Å². The molecule has 1 aromatic carbocycles. The van der Waals surface area contributed by atoms with E-state index >= 15 is 0 Å². The van der Waals surface area contributed by atoms with E-state index in [0.717, 1.165) is 6.08 Å². The molecule has 0 aliphatic carbocycles. The molecule has 0 fully saturated rings. The lowest BCUT2D eigenvalue weighted by Gasteiger charge is -2.13. The number of methoxy groups -OCH3 is 2. The molecule has 1 aromatic heterocycles. The van der Waals surface area contributed by atoms with Crippen molar-refractivity contribution in [2.24, 2.45) is 0 Å². The molecule has 0 N–H and O–H groups in total. The fourth-order valence-corrected chi connectivity index (χ4v) is 2.30. The molecule has 0 radical (unpaired) electrons. The van der Waals surface area contributed by atoms with Crippen molar-refractivity contribution in [2.45, 2.75) is 0 Å². The van der Waals surface area contributed by atoms with Gasteiger partial charge in [-0.15, -0.1) is 0 Å². The van der Waals surface area contributed by atoms with Crippen molar-refractivity contribution in [1.82, 2.24) is 4.98 Å². The van der Waals surface area contributed by atoms with Crippen molar-refractivity contribution in [3.63, 3.8) is 0 Å². The largest absolute Gasteiger partial charge is 0.497 e. The summed E-state index contributed by atoms with van der Waals surface area (Å²) in [5, 5.41) is 0.453. The van der Waals surface area contributed by atoms with Gasteiger partial charge >= 0.3 is 0 Å². The highest BCUT2D eigenvalue weighted by Crippen LogP contribution is 2.35. The van der Waals surface area contributed by atoms with Gasteiger partial charge in [0.2, 0.25) is 0 Å². The third-order valence-corrected chi connectivity index (χ3v) is 3.55. The zero-order valence-corrected chi connectivity index (χ0v) is 13.5. The number of benzene rings is 1. The van der Waals surface area contributed by atoms with Crippen LogP contribution in [0.5, 0.6) is 5.75 Å². The highest BCUT2D eigenvalue weighted by molar-refractivity contribution is 5.91. The average Bonchev–Trinajstić information content (AvgIpc) is 2.61. The number of hydrogen-bond donors (Lipinski definition) is 0. The van der Waals surface area contributed by atoms with Gasteiger partial charge in [0, 0.05) is 16.5 Å². The molecule has 2 aromatic rings. The fraction of sp³-hybridized carbons (Fsp3) is 0.105. The van der Waals surface area contributed by atoms with E-state index < -0.39 is 11.6 Å². The molecule has 0 aliphatic rings.